The van der Waals surface area contributed by atoms with Gasteiger partial charge in [0.25, 0.3) is 0 Å². The summed E-state index contributed by atoms with van der Waals surface area (Å²) in [7, 11) is -2.80. The molecule has 1 aromatic heterocycles. The van der Waals surface area contributed by atoms with Crippen LogP contribution in [0.2, 0.25) is 0 Å². The monoisotopic (exact) mass is 795 g/mol. The van der Waals surface area contributed by atoms with Gasteiger partial charge in [-0.2, -0.15) is 0 Å². The van der Waals surface area contributed by atoms with Gasteiger partial charge < -0.3 is 9.32 Å². The number of nitrogens with zero attached hydrogens (tertiary/aromatic N) is 1. The van der Waals surface area contributed by atoms with Crippen molar-refractivity contribution in [2.45, 2.75) is 0 Å². The van der Waals surface area contributed by atoms with E-state index in [0.717, 1.165) is 44.6 Å². The Balaban J connectivity index is 1.11. The number of rotatable bonds is 9. The lowest BCUT2D eigenvalue weighted by Gasteiger charge is -2.35. The molecular weight excluding hydrogens is 755 g/mol. The summed E-state index contributed by atoms with van der Waals surface area (Å²) in [4.78, 5) is 2.39. The fourth-order valence-corrected chi connectivity index (χ4v) is 14.2. The fourth-order valence-electron chi connectivity index (χ4n) is 9.37. The van der Waals surface area contributed by atoms with Gasteiger partial charge in [-0.1, -0.05) is 194 Å². The van der Waals surface area contributed by atoms with Gasteiger partial charge in [0.15, 0.2) is 8.07 Å². The summed E-state index contributed by atoms with van der Waals surface area (Å²) in [5.74, 6) is 0. The van der Waals surface area contributed by atoms with Crippen molar-refractivity contribution in [2.24, 2.45) is 0 Å². The van der Waals surface area contributed by atoms with Crippen LogP contribution < -0.4 is 25.6 Å². The Morgan fingerprint density at radius 2 is 0.787 bits per heavy atom. The largest absolute Gasteiger partial charge is 0.456 e. The summed E-state index contributed by atoms with van der Waals surface area (Å²) in [6.07, 6.45) is 0. The van der Waals surface area contributed by atoms with Crippen LogP contribution in [0.5, 0.6) is 0 Å². The van der Waals surface area contributed by atoms with Gasteiger partial charge in [0, 0.05) is 33.9 Å². The second-order valence-corrected chi connectivity index (χ2v) is 19.5. The molecular formula is C58H41NOSi. The van der Waals surface area contributed by atoms with E-state index in [4.69, 9.17) is 4.42 Å². The number of hydrogen-bond acceptors (Lipinski definition) is 2. The number of anilines is 3. The van der Waals surface area contributed by atoms with E-state index < -0.39 is 8.07 Å². The smallest absolute Gasteiger partial charge is 0.179 e. The molecule has 0 bridgehead atoms. The van der Waals surface area contributed by atoms with Crippen LogP contribution in [0, 0.1) is 0 Å². The zero-order chi connectivity index (χ0) is 40.6. The van der Waals surface area contributed by atoms with Gasteiger partial charge in [-0.15, -0.1) is 0 Å². The summed E-state index contributed by atoms with van der Waals surface area (Å²) in [5, 5.41) is 10.0. The molecule has 0 radical (unpaired) electrons. The summed E-state index contributed by atoms with van der Waals surface area (Å²) in [5.41, 5.74) is 9.62. The van der Waals surface area contributed by atoms with Crippen LogP contribution in [-0.2, 0) is 0 Å². The first kappa shape index (κ1) is 36.4. The highest BCUT2D eigenvalue weighted by molar-refractivity contribution is 7.19. The van der Waals surface area contributed by atoms with Crippen LogP contribution in [0.25, 0.3) is 55.0 Å². The molecule has 1 heterocycles. The van der Waals surface area contributed by atoms with Crippen molar-refractivity contribution in [3.8, 4) is 22.3 Å². The first-order valence-corrected chi connectivity index (χ1v) is 22.9. The van der Waals surface area contributed by atoms with Crippen molar-refractivity contribution in [1.29, 1.82) is 0 Å². The van der Waals surface area contributed by atoms with Gasteiger partial charge in [0.05, 0.1) is 0 Å². The van der Waals surface area contributed by atoms with Crippen molar-refractivity contribution >= 4 is 78.6 Å². The van der Waals surface area contributed by atoms with Crippen LogP contribution in [0.3, 0.4) is 0 Å². The van der Waals surface area contributed by atoms with E-state index in [2.05, 4.69) is 254 Å². The zero-order valence-electron chi connectivity index (χ0n) is 33.5. The summed E-state index contributed by atoms with van der Waals surface area (Å²) < 4.78 is 6.73. The zero-order valence-corrected chi connectivity index (χ0v) is 34.5. The van der Waals surface area contributed by atoms with Gasteiger partial charge in [-0.05, 0) is 102 Å². The Kier molecular flexibility index (Phi) is 9.22. The van der Waals surface area contributed by atoms with E-state index in [9.17, 15) is 0 Å². The standard InChI is InChI=1S/C58H41NOSi/c1-5-17-42(18-6-1)45-33-37-55-56-38-36-48(41-58(56)60-57(55)39-45)59(46-34-31-44(32-35-46)54-30-15-20-43-19-13-14-29-53(43)54)47-21-16-28-52(40-47)61(49-22-7-2-8-23-49,50-24-9-3-10-25-50)51-26-11-4-12-27-51/h1-41H. The van der Waals surface area contributed by atoms with Crippen molar-refractivity contribution < 1.29 is 4.42 Å². The highest BCUT2D eigenvalue weighted by Crippen LogP contribution is 2.40. The van der Waals surface area contributed by atoms with E-state index in [1.165, 1.54) is 48.2 Å². The first-order valence-electron chi connectivity index (χ1n) is 20.9. The summed E-state index contributed by atoms with van der Waals surface area (Å²) in [6, 6.07) is 90.6. The van der Waals surface area contributed by atoms with E-state index in [1.807, 2.05) is 0 Å². The predicted molar refractivity (Wildman–Crippen MR) is 260 cm³/mol. The van der Waals surface area contributed by atoms with Crippen molar-refractivity contribution in [3.05, 3.63) is 249 Å². The van der Waals surface area contributed by atoms with Crippen LogP contribution in [-0.4, -0.2) is 8.07 Å². The molecule has 0 aliphatic heterocycles. The Labute approximate surface area is 357 Å². The minimum absolute atomic E-state index is 0.854. The lowest BCUT2D eigenvalue weighted by Crippen LogP contribution is -2.74. The second-order valence-electron chi connectivity index (χ2n) is 15.7. The maximum atomic E-state index is 6.73. The van der Waals surface area contributed by atoms with Gasteiger partial charge in [0.1, 0.15) is 11.2 Å². The topological polar surface area (TPSA) is 16.4 Å². The molecule has 0 aliphatic rings. The molecule has 0 amide bonds. The van der Waals surface area contributed by atoms with Gasteiger partial charge >= 0.3 is 0 Å². The molecule has 2 nitrogen and oxygen atoms in total. The van der Waals surface area contributed by atoms with Crippen molar-refractivity contribution in [1.82, 2.24) is 0 Å². The third-order valence-corrected chi connectivity index (χ3v) is 17.0. The number of hydrogen-bond donors (Lipinski definition) is 0. The first-order chi connectivity index (χ1) is 30.2. The predicted octanol–water partition coefficient (Wildman–Crippen LogP) is 12.9. The summed E-state index contributed by atoms with van der Waals surface area (Å²) >= 11 is 0. The van der Waals surface area contributed by atoms with Crippen molar-refractivity contribution in [2.75, 3.05) is 4.90 Å². The molecule has 11 rings (SSSR count). The Morgan fingerprint density at radius 3 is 1.46 bits per heavy atom. The number of fused-ring (bicyclic) bond motifs is 4. The maximum absolute atomic E-state index is 6.73. The third-order valence-electron chi connectivity index (χ3n) is 12.2. The maximum Gasteiger partial charge on any atom is 0.179 e. The van der Waals surface area contributed by atoms with Crippen LogP contribution >= 0.6 is 0 Å². The second kappa shape index (κ2) is 15.5. The minimum atomic E-state index is -2.80. The quantitative estimate of drug-likeness (QED) is 0.107. The number of benzene rings is 10. The fraction of sp³-hybridized carbons (Fsp3) is 0. The molecule has 0 saturated heterocycles. The van der Waals surface area contributed by atoms with E-state index >= 15 is 0 Å². The molecule has 11 aromatic rings. The highest BCUT2D eigenvalue weighted by Gasteiger charge is 2.41. The Morgan fingerprint density at radius 1 is 0.295 bits per heavy atom. The lowest BCUT2D eigenvalue weighted by molar-refractivity contribution is 0.669. The van der Waals surface area contributed by atoms with Gasteiger partial charge in [-0.25, -0.2) is 0 Å². The molecule has 288 valence electrons. The lowest BCUT2D eigenvalue weighted by atomic mass is 9.98. The molecule has 3 heteroatoms. The molecule has 0 N–H and O–H groups in total. The van der Waals surface area contributed by atoms with Gasteiger partial charge in [-0.3, -0.25) is 0 Å². The van der Waals surface area contributed by atoms with E-state index in [-0.39, 0.29) is 0 Å². The molecule has 0 saturated carbocycles. The highest BCUT2D eigenvalue weighted by atomic mass is 28.3. The molecule has 0 spiro atoms. The SMILES string of the molecule is c1ccc(-c2ccc3c(c2)oc2cc(N(c4ccc(-c5cccc6ccccc56)cc4)c4cccc([Si](c5ccccc5)(c5ccccc5)c5ccccc5)c4)ccc23)cc1. The average Bonchev–Trinajstić information content (AvgIpc) is 3.71. The Bertz CT molecular complexity index is 3190. The van der Waals surface area contributed by atoms with Crippen LogP contribution in [0.15, 0.2) is 253 Å². The third kappa shape index (κ3) is 6.44. The average molecular weight is 796 g/mol. The summed E-state index contributed by atoms with van der Waals surface area (Å²) in [6.45, 7) is 0. The van der Waals surface area contributed by atoms with E-state index in [1.54, 1.807) is 0 Å². The molecule has 10 aromatic carbocycles. The Hall–Kier alpha value is -7.72. The van der Waals surface area contributed by atoms with Gasteiger partial charge in [0.2, 0.25) is 0 Å². The molecule has 0 aliphatic carbocycles. The normalized spacial score (nSPS) is 11.6. The van der Waals surface area contributed by atoms with Crippen molar-refractivity contribution in [3.63, 3.8) is 0 Å². The van der Waals surface area contributed by atoms with Crippen LogP contribution in [0.1, 0.15) is 0 Å². The molecule has 61 heavy (non-hydrogen) atoms. The number of furan rings is 1. The molecule has 0 fully saturated rings. The van der Waals surface area contributed by atoms with E-state index in [0.29, 0.717) is 0 Å². The minimum Gasteiger partial charge on any atom is -0.456 e. The molecule has 0 unspecified atom stereocenters. The van der Waals surface area contributed by atoms with Crippen LogP contribution in [0.4, 0.5) is 17.1 Å². The molecule has 0 atom stereocenters.